The van der Waals surface area contributed by atoms with E-state index in [0.717, 1.165) is 0 Å². The molecule has 1 saturated heterocycles. The van der Waals surface area contributed by atoms with Gasteiger partial charge in [-0.15, -0.1) is 0 Å². The van der Waals surface area contributed by atoms with Crippen LogP contribution in [0.5, 0.6) is 5.75 Å². The molecule has 3 rings (SSSR count). The number of ether oxygens (including phenoxy) is 2. The van der Waals surface area contributed by atoms with Crippen molar-refractivity contribution in [3.05, 3.63) is 59.1 Å². The van der Waals surface area contributed by atoms with Crippen LogP contribution in [-0.2, 0) is 19.6 Å². The third-order valence-corrected chi connectivity index (χ3v) is 7.00. The molecule has 0 unspecified atom stereocenters. The molecule has 2 aromatic carbocycles. The number of halogens is 1. The first-order chi connectivity index (χ1) is 15.2. The molecule has 0 aromatic heterocycles. The number of esters is 1. The Morgan fingerprint density at radius 2 is 1.56 bits per heavy atom. The van der Waals surface area contributed by atoms with Crippen molar-refractivity contribution in [3.63, 3.8) is 0 Å². The summed E-state index contributed by atoms with van der Waals surface area (Å²) in [6, 6.07) is 12.4. The molecule has 2 aromatic rings. The highest BCUT2D eigenvalue weighted by atomic mass is 35.5. The summed E-state index contributed by atoms with van der Waals surface area (Å²) >= 11 is 5.82. The molecule has 10 heteroatoms. The fourth-order valence-electron chi connectivity index (χ4n) is 3.18. The molecule has 0 saturated carbocycles. The molecule has 0 aliphatic carbocycles. The average molecular weight is 481 g/mol. The largest absolute Gasteiger partial charge is 0.491 e. The standard InChI is InChI=1S/C22H25ClN2O6S/c1-16(2)31-19-7-3-17(4-8-19)22(27)30-15-21(26)24-11-13-25(14-12-24)32(28,29)20-9-5-18(23)6-10-20/h3-10,16H,11-15H2,1-2H3. The van der Waals surface area contributed by atoms with E-state index in [0.29, 0.717) is 16.3 Å². The Morgan fingerprint density at radius 3 is 2.12 bits per heavy atom. The molecule has 0 bridgehead atoms. The van der Waals surface area contributed by atoms with Gasteiger partial charge < -0.3 is 14.4 Å². The van der Waals surface area contributed by atoms with Crippen molar-refractivity contribution >= 4 is 33.5 Å². The molecular formula is C22H25ClN2O6S. The van der Waals surface area contributed by atoms with Gasteiger partial charge in [0.2, 0.25) is 10.0 Å². The van der Waals surface area contributed by atoms with Gasteiger partial charge in [-0.3, -0.25) is 4.79 Å². The van der Waals surface area contributed by atoms with Gasteiger partial charge in [0.1, 0.15) is 5.75 Å². The SMILES string of the molecule is CC(C)Oc1ccc(C(=O)OCC(=O)N2CCN(S(=O)(=O)c3ccc(Cl)cc3)CC2)cc1. The van der Waals surface area contributed by atoms with Crippen LogP contribution in [0.1, 0.15) is 24.2 Å². The highest BCUT2D eigenvalue weighted by molar-refractivity contribution is 7.89. The zero-order valence-corrected chi connectivity index (χ0v) is 19.4. The highest BCUT2D eigenvalue weighted by Gasteiger charge is 2.30. The maximum Gasteiger partial charge on any atom is 0.338 e. The Bertz CT molecular complexity index is 1050. The number of carbonyl (C=O) groups is 2. The predicted molar refractivity (Wildman–Crippen MR) is 119 cm³/mol. The fraction of sp³-hybridized carbons (Fsp3) is 0.364. The molecule has 1 aliphatic rings. The van der Waals surface area contributed by atoms with E-state index < -0.39 is 22.6 Å². The minimum Gasteiger partial charge on any atom is -0.491 e. The van der Waals surface area contributed by atoms with Crippen molar-refractivity contribution in [3.8, 4) is 5.75 Å². The Hall–Kier alpha value is -2.62. The van der Waals surface area contributed by atoms with Crippen molar-refractivity contribution < 1.29 is 27.5 Å². The number of sulfonamides is 1. The lowest BCUT2D eigenvalue weighted by molar-refractivity contribution is -0.135. The van der Waals surface area contributed by atoms with Crippen molar-refractivity contribution in [2.45, 2.75) is 24.8 Å². The van der Waals surface area contributed by atoms with Gasteiger partial charge in [-0.05, 0) is 62.4 Å². The van der Waals surface area contributed by atoms with Gasteiger partial charge in [-0.2, -0.15) is 4.31 Å². The first-order valence-electron chi connectivity index (χ1n) is 10.1. The fourth-order valence-corrected chi connectivity index (χ4v) is 4.73. The summed E-state index contributed by atoms with van der Waals surface area (Å²) < 4.78 is 37.4. The van der Waals surface area contributed by atoms with Crippen LogP contribution in [0.25, 0.3) is 0 Å². The van der Waals surface area contributed by atoms with Crippen LogP contribution >= 0.6 is 11.6 Å². The molecule has 1 heterocycles. The number of amides is 1. The molecule has 0 radical (unpaired) electrons. The first kappa shape index (κ1) is 24.0. The van der Waals surface area contributed by atoms with Crippen molar-refractivity contribution in [1.29, 1.82) is 0 Å². The van der Waals surface area contributed by atoms with Gasteiger partial charge in [0.25, 0.3) is 5.91 Å². The lowest BCUT2D eigenvalue weighted by Crippen LogP contribution is -2.51. The second-order valence-corrected chi connectivity index (χ2v) is 9.88. The minimum absolute atomic E-state index is 0.0204. The van der Waals surface area contributed by atoms with E-state index in [4.69, 9.17) is 21.1 Å². The van der Waals surface area contributed by atoms with Crippen LogP contribution in [0, 0.1) is 0 Å². The van der Waals surface area contributed by atoms with Crippen LogP contribution in [0.2, 0.25) is 5.02 Å². The Kier molecular flexibility index (Phi) is 7.76. The zero-order valence-electron chi connectivity index (χ0n) is 17.9. The summed E-state index contributed by atoms with van der Waals surface area (Å²) in [4.78, 5) is 26.3. The first-order valence-corrected chi connectivity index (χ1v) is 12.0. The van der Waals surface area contributed by atoms with E-state index in [1.807, 2.05) is 13.8 Å². The third kappa shape index (κ3) is 5.99. The molecular weight excluding hydrogens is 456 g/mol. The number of carbonyl (C=O) groups excluding carboxylic acids is 2. The summed E-state index contributed by atoms with van der Waals surface area (Å²) in [6.45, 7) is 4.13. The summed E-state index contributed by atoms with van der Waals surface area (Å²) in [7, 11) is -3.66. The molecule has 8 nitrogen and oxygen atoms in total. The van der Waals surface area contributed by atoms with E-state index >= 15 is 0 Å². The Morgan fingerprint density at radius 1 is 0.969 bits per heavy atom. The van der Waals surface area contributed by atoms with Gasteiger partial charge in [0, 0.05) is 31.2 Å². The van der Waals surface area contributed by atoms with E-state index in [-0.39, 0.29) is 43.1 Å². The number of hydrogen-bond acceptors (Lipinski definition) is 6. The smallest absolute Gasteiger partial charge is 0.338 e. The monoisotopic (exact) mass is 480 g/mol. The summed E-state index contributed by atoms with van der Waals surface area (Å²) in [5, 5.41) is 0.453. The van der Waals surface area contributed by atoms with Crippen LogP contribution in [-0.4, -0.2) is 68.4 Å². The summed E-state index contributed by atoms with van der Waals surface area (Å²) in [6.07, 6.45) is 0.0204. The van der Waals surface area contributed by atoms with Gasteiger partial charge >= 0.3 is 5.97 Å². The van der Waals surface area contributed by atoms with E-state index in [1.165, 1.54) is 33.5 Å². The maximum absolute atomic E-state index is 12.7. The van der Waals surface area contributed by atoms with Crippen LogP contribution in [0.15, 0.2) is 53.4 Å². The topological polar surface area (TPSA) is 93.2 Å². The second kappa shape index (κ2) is 10.3. The second-order valence-electron chi connectivity index (χ2n) is 7.51. The normalized spacial score (nSPS) is 14.9. The molecule has 0 atom stereocenters. The van der Waals surface area contributed by atoms with Gasteiger partial charge in [-0.25, -0.2) is 13.2 Å². The van der Waals surface area contributed by atoms with E-state index in [9.17, 15) is 18.0 Å². The molecule has 1 aliphatic heterocycles. The maximum atomic E-state index is 12.7. The van der Waals surface area contributed by atoms with Gasteiger partial charge in [-0.1, -0.05) is 11.6 Å². The number of rotatable bonds is 7. The molecule has 0 spiro atoms. The molecule has 0 N–H and O–H groups in total. The quantitative estimate of drug-likeness (QED) is 0.566. The average Bonchev–Trinajstić information content (AvgIpc) is 2.77. The predicted octanol–water partition coefficient (Wildman–Crippen LogP) is 2.82. The number of hydrogen-bond donors (Lipinski definition) is 0. The highest BCUT2D eigenvalue weighted by Crippen LogP contribution is 2.20. The van der Waals surface area contributed by atoms with Crippen LogP contribution < -0.4 is 4.74 Å². The summed E-state index contributed by atoms with van der Waals surface area (Å²) in [5.41, 5.74) is 0.313. The molecule has 1 amide bonds. The van der Waals surface area contributed by atoms with Crippen molar-refractivity contribution in [2.24, 2.45) is 0 Å². The number of benzene rings is 2. The van der Waals surface area contributed by atoms with Crippen molar-refractivity contribution in [1.82, 2.24) is 9.21 Å². The van der Waals surface area contributed by atoms with E-state index in [1.54, 1.807) is 24.3 Å². The van der Waals surface area contributed by atoms with Crippen LogP contribution in [0.3, 0.4) is 0 Å². The molecule has 32 heavy (non-hydrogen) atoms. The minimum atomic E-state index is -3.66. The molecule has 1 fully saturated rings. The third-order valence-electron chi connectivity index (χ3n) is 4.83. The van der Waals surface area contributed by atoms with Gasteiger partial charge in [0.05, 0.1) is 16.6 Å². The van der Waals surface area contributed by atoms with E-state index in [2.05, 4.69) is 0 Å². The lowest BCUT2D eigenvalue weighted by Gasteiger charge is -2.33. The Labute approximate surface area is 192 Å². The zero-order chi connectivity index (χ0) is 23.3. The van der Waals surface area contributed by atoms with Crippen LogP contribution in [0.4, 0.5) is 0 Å². The number of nitrogens with zero attached hydrogens (tertiary/aromatic N) is 2. The van der Waals surface area contributed by atoms with Crippen molar-refractivity contribution in [2.75, 3.05) is 32.8 Å². The number of piperazine rings is 1. The summed E-state index contributed by atoms with van der Waals surface area (Å²) in [5.74, 6) is -0.348. The lowest BCUT2D eigenvalue weighted by atomic mass is 10.2. The van der Waals surface area contributed by atoms with Gasteiger partial charge in [0.15, 0.2) is 6.61 Å². The molecule has 172 valence electrons. The Balaban J connectivity index is 1.49.